The largest absolute Gasteiger partial charge is 0.481 e. The molecule has 2 rings (SSSR count). The van der Waals surface area contributed by atoms with E-state index in [1.807, 2.05) is 0 Å². The maximum atomic E-state index is 10.9. The first-order valence-electron chi connectivity index (χ1n) is 7.61. The number of benzene rings is 1. The van der Waals surface area contributed by atoms with Gasteiger partial charge >= 0.3 is 5.97 Å². The molecular formula is C17H25NO2. The average molecular weight is 275 g/mol. The number of carboxylic acid groups (broad SMARTS) is 1. The highest BCUT2D eigenvalue weighted by Crippen LogP contribution is 2.30. The molecule has 0 saturated heterocycles. The van der Waals surface area contributed by atoms with Crippen molar-refractivity contribution in [2.45, 2.75) is 52.0 Å². The van der Waals surface area contributed by atoms with Gasteiger partial charge < -0.3 is 10.0 Å². The van der Waals surface area contributed by atoms with Crippen molar-refractivity contribution in [2.75, 3.05) is 11.4 Å². The predicted molar refractivity (Wildman–Crippen MR) is 82.2 cm³/mol. The molecule has 1 N–H and O–H groups in total. The standard InChI is InChI=1S/C17H25NO2/c1-13-3-7-15(8-4-13)18(12-11-17(19)20)16-9-5-14(2)6-10-16/h3-4,7-8,14,16H,5-6,9-12H2,1-2H3,(H,19,20). The van der Waals surface area contributed by atoms with Crippen LogP contribution in [0.25, 0.3) is 0 Å². The molecule has 0 spiro atoms. The molecule has 1 aliphatic rings. The minimum atomic E-state index is -0.716. The summed E-state index contributed by atoms with van der Waals surface area (Å²) in [6.07, 6.45) is 5.06. The van der Waals surface area contributed by atoms with E-state index in [0.717, 1.165) is 11.6 Å². The molecule has 1 fully saturated rings. The maximum absolute atomic E-state index is 10.9. The highest BCUT2D eigenvalue weighted by Gasteiger charge is 2.24. The Morgan fingerprint density at radius 2 is 1.80 bits per heavy atom. The van der Waals surface area contributed by atoms with Gasteiger partial charge in [0.1, 0.15) is 0 Å². The van der Waals surface area contributed by atoms with Crippen molar-refractivity contribution in [1.82, 2.24) is 0 Å². The van der Waals surface area contributed by atoms with E-state index in [1.165, 1.54) is 31.2 Å². The van der Waals surface area contributed by atoms with Gasteiger partial charge in [-0.25, -0.2) is 0 Å². The van der Waals surface area contributed by atoms with Crippen LogP contribution < -0.4 is 4.90 Å². The molecule has 1 aromatic rings. The smallest absolute Gasteiger partial charge is 0.305 e. The third-order valence-electron chi connectivity index (χ3n) is 4.36. The average Bonchev–Trinajstić information content (AvgIpc) is 2.42. The first-order valence-corrected chi connectivity index (χ1v) is 7.61. The Morgan fingerprint density at radius 3 is 2.35 bits per heavy atom. The van der Waals surface area contributed by atoms with Gasteiger partial charge in [-0.2, -0.15) is 0 Å². The lowest BCUT2D eigenvalue weighted by Gasteiger charge is -2.37. The van der Waals surface area contributed by atoms with Crippen LogP contribution in [0.2, 0.25) is 0 Å². The van der Waals surface area contributed by atoms with Gasteiger partial charge in [0.2, 0.25) is 0 Å². The van der Waals surface area contributed by atoms with E-state index < -0.39 is 5.97 Å². The molecule has 0 atom stereocenters. The summed E-state index contributed by atoms with van der Waals surface area (Å²) in [5, 5.41) is 8.97. The molecule has 1 aliphatic carbocycles. The van der Waals surface area contributed by atoms with E-state index in [1.54, 1.807) is 0 Å². The topological polar surface area (TPSA) is 40.5 Å². The van der Waals surface area contributed by atoms with Crippen molar-refractivity contribution in [3.63, 3.8) is 0 Å². The number of hydrogen-bond acceptors (Lipinski definition) is 2. The lowest BCUT2D eigenvalue weighted by atomic mass is 9.86. The second-order valence-corrected chi connectivity index (χ2v) is 6.09. The summed E-state index contributed by atoms with van der Waals surface area (Å²) in [5.41, 5.74) is 2.40. The van der Waals surface area contributed by atoms with E-state index in [2.05, 4.69) is 43.0 Å². The van der Waals surface area contributed by atoms with Gasteiger partial charge in [0, 0.05) is 18.3 Å². The number of anilines is 1. The number of hydrogen-bond donors (Lipinski definition) is 1. The fraction of sp³-hybridized carbons (Fsp3) is 0.588. The van der Waals surface area contributed by atoms with Gasteiger partial charge in [-0.1, -0.05) is 24.6 Å². The van der Waals surface area contributed by atoms with Crippen molar-refractivity contribution in [3.05, 3.63) is 29.8 Å². The summed E-state index contributed by atoms with van der Waals surface area (Å²) in [7, 11) is 0. The van der Waals surface area contributed by atoms with Gasteiger partial charge in [0.15, 0.2) is 0 Å². The molecule has 3 nitrogen and oxygen atoms in total. The summed E-state index contributed by atoms with van der Waals surface area (Å²) in [5.74, 6) is 0.0943. The number of carbonyl (C=O) groups is 1. The number of nitrogens with zero attached hydrogens (tertiary/aromatic N) is 1. The maximum Gasteiger partial charge on any atom is 0.305 e. The van der Waals surface area contributed by atoms with Crippen LogP contribution in [0.15, 0.2) is 24.3 Å². The molecule has 0 unspecified atom stereocenters. The monoisotopic (exact) mass is 275 g/mol. The van der Waals surface area contributed by atoms with Crippen LogP contribution in [0, 0.1) is 12.8 Å². The zero-order chi connectivity index (χ0) is 14.5. The van der Waals surface area contributed by atoms with Gasteiger partial charge in [-0.3, -0.25) is 4.79 Å². The van der Waals surface area contributed by atoms with Crippen LogP contribution in [-0.2, 0) is 4.79 Å². The second-order valence-electron chi connectivity index (χ2n) is 6.09. The molecule has 110 valence electrons. The van der Waals surface area contributed by atoms with Gasteiger partial charge in [0.25, 0.3) is 0 Å². The van der Waals surface area contributed by atoms with Crippen LogP contribution in [0.5, 0.6) is 0 Å². The van der Waals surface area contributed by atoms with Crippen molar-refractivity contribution in [3.8, 4) is 0 Å². The molecule has 1 aromatic carbocycles. The third kappa shape index (κ3) is 3.99. The normalized spacial score (nSPS) is 22.5. The second kappa shape index (κ2) is 6.78. The van der Waals surface area contributed by atoms with Gasteiger partial charge in [-0.15, -0.1) is 0 Å². The molecule has 0 amide bonds. The van der Waals surface area contributed by atoms with Crippen molar-refractivity contribution in [2.24, 2.45) is 5.92 Å². The van der Waals surface area contributed by atoms with E-state index in [9.17, 15) is 4.79 Å². The Kier molecular flexibility index (Phi) is 5.05. The van der Waals surface area contributed by atoms with E-state index in [-0.39, 0.29) is 6.42 Å². The van der Waals surface area contributed by atoms with Gasteiger partial charge in [-0.05, 0) is 50.7 Å². The molecular weight excluding hydrogens is 250 g/mol. The lowest BCUT2D eigenvalue weighted by Crippen LogP contribution is -2.39. The SMILES string of the molecule is Cc1ccc(N(CCC(=O)O)C2CCC(C)CC2)cc1. The first kappa shape index (κ1) is 14.9. The first-order chi connectivity index (χ1) is 9.56. The Labute approximate surface area is 121 Å². The third-order valence-corrected chi connectivity index (χ3v) is 4.36. The highest BCUT2D eigenvalue weighted by atomic mass is 16.4. The Bertz CT molecular complexity index is 433. The number of aliphatic carboxylic acids is 1. The zero-order valence-electron chi connectivity index (χ0n) is 12.5. The predicted octanol–water partition coefficient (Wildman–Crippen LogP) is 3.85. The van der Waals surface area contributed by atoms with E-state index >= 15 is 0 Å². The molecule has 1 saturated carbocycles. The quantitative estimate of drug-likeness (QED) is 0.887. The Hall–Kier alpha value is -1.51. The molecule has 0 bridgehead atoms. The fourth-order valence-electron chi connectivity index (χ4n) is 3.03. The molecule has 20 heavy (non-hydrogen) atoms. The highest BCUT2D eigenvalue weighted by molar-refractivity contribution is 5.67. The lowest BCUT2D eigenvalue weighted by molar-refractivity contribution is -0.136. The van der Waals surface area contributed by atoms with Crippen LogP contribution in [0.3, 0.4) is 0 Å². The summed E-state index contributed by atoms with van der Waals surface area (Å²) < 4.78 is 0. The van der Waals surface area contributed by atoms with Crippen molar-refractivity contribution >= 4 is 11.7 Å². The molecule has 0 aliphatic heterocycles. The number of aryl methyl sites for hydroxylation is 1. The van der Waals surface area contributed by atoms with E-state index in [4.69, 9.17) is 5.11 Å². The Balaban J connectivity index is 2.11. The molecule has 3 heteroatoms. The minimum Gasteiger partial charge on any atom is -0.481 e. The van der Waals surface area contributed by atoms with E-state index in [0.29, 0.717) is 12.6 Å². The molecule has 0 radical (unpaired) electrons. The van der Waals surface area contributed by atoms with Crippen LogP contribution in [0.1, 0.15) is 44.6 Å². The van der Waals surface area contributed by atoms with Crippen LogP contribution >= 0.6 is 0 Å². The van der Waals surface area contributed by atoms with Crippen LogP contribution in [0.4, 0.5) is 5.69 Å². The summed E-state index contributed by atoms with van der Waals surface area (Å²) in [6, 6.07) is 8.95. The Morgan fingerprint density at radius 1 is 1.20 bits per heavy atom. The van der Waals surface area contributed by atoms with Crippen LogP contribution in [-0.4, -0.2) is 23.7 Å². The fourth-order valence-corrected chi connectivity index (χ4v) is 3.03. The van der Waals surface area contributed by atoms with Crippen molar-refractivity contribution in [1.29, 1.82) is 0 Å². The number of carboxylic acids is 1. The summed E-state index contributed by atoms with van der Waals surface area (Å²) >= 11 is 0. The summed E-state index contributed by atoms with van der Waals surface area (Å²) in [4.78, 5) is 13.2. The minimum absolute atomic E-state index is 0.208. The van der Waals surface area contributed by atoms with Crippen molar-refractivity contribution < 1.29 is 9.90 Å². The molecule has 0 aromatic heterocycles. The number of rotatable bonds is 5. The molecule has 0 heterocycles. The zero-order valence-corrected chi connectivity index (χ0v) is 12.5. The summed E-state index contributed by atoms with van der Waals surface area (Å²) in [6.45, 7) is 4.99. The van der Waals surface area contributed by atoms with Gasteiger partial charge in [0.05, 0.1) is 6.42 Å².